The van der Waals surface area contributed by atoms with Crippen LogP contribution >= 0.6 is 15.9 Å². The van der Waals surface area contributed by atoms with E-state index in [4.69, 9.17) is 0 Å². The summed E-state index contributed by atoms with van der Waals surface area (Å²) in [6.45, 7) is 4.26. The molecule has 0 N–H and O–H groups in total. The van der Waals surface area contributed by atoms with Gasteiger partial charge in [-0.2, -0.15) is 0 Å². The molecule has 0 fully saturated rings. The third-order valence-corrected chi connectivity index (χ3v) is 2.80. The Labute approximate surface area is 87.3 Å². The fourth-order valence-electron chi connectivity index (χ4n) is 1.57. The Bertz CT molecular complexity index is 259. The molecule has 0 aliphatic rings. The Morgan fingerprint density at radius 3 is 2.31 bits per heavy atom. The molecule has 0 saturated heterocycles. The lowest BCUT2D eigenvalue weighted by molar-refractivity contribution is 0.604. The molecule has 0 radical (unpaired) electrons. The fourth-order valence-corrected chi connectivity index (χ4v) is 2.05. The maximum atomic E-state index is 13.0. The van der Waals surface area contributed by atoms with E-state index in [1.54, 1.807) is 6.07 Å². The molecule has 0 amide bonds. The molecule has 0 unspecified atom stereocenters. The second kappa shape index (κ2) is 4.75. The SMILES string of the molecule is CCC(CC)c1cc(F)cc(Br)c1. The molecule has 0 bridgehead atoms. The van der Waals surface area contributed by atoms with E-state index < -0.39 is 0 Å². The molecular formula is C11H14BrF. The molecule has 0 heterocycles. The van der Waals surface area contributed by atoms with Crippen LogP contribution in [-0.2, 0) is 0 Å². The zero-order valence-electron chi connectivity index (χ0n) is 7.98. The Hall–Kier alpha value is -0.370. The smallest absolute Gasteiger partial charge is 0.124 e. The van der Waals surface area contributed by atoms with Gasteiger partial charge in [0, 0.05) is 4.47 Å². The van der Waals surface area contributed by atoms with Crippen molar-refractivity contribution in [2.45, 2.75) is 32.6 Å². The van der Waals surface area contributed by atoms with E-state index in [0.717, 1.165) is 22.9 Å². The van der Waals surface area contributed by atoms with Gasteiger partial charge in [-0.25, -0.2) is 4.39 Å². The molecule has 1 rings (SSSR count). The van der Waals surface area contributed by atoms with Crippen molar-refractivity contribution in [3.05, 3.63) is 34.1 Å². The van der Waals surface area contributed by atoms with Crippen LogP contribution in [0.4, 0.5) is 4.39 Å². The first-order chi connectivity index (χ1) is 6.17. The summed E-state index contributed by atoms with van der Waals surface area (Å²) in [4.78, 5) is 0. The van der Waals surface area contributed by atoms with E-state index in [-0.39, 0.29) is 5.82 Å². The predicted molar refractivity (Wildman–Crippen MR) is 57.4 cm³/mol. The molecule has 72 valence electrons. The van der Waals surface area contributed by atoms with E-state index in [9.17, 15) is 4.39 Å². The lowest BCUT2D eigenvalue weighted by Gasteiger charge is -2.12. The van der Waals surface area contributed by atoms with Gasteiger partial charge in [-0.1, -0.05) is 29.8 Å². The molecule has 13 heavy (non-hydrogen) atoms. The minimum atomic E-state index is -0.156. The van der Waals surface area contributed by atoms with Crippen LogP contribution in [0.2, 0.25) is 0 Å². The summed E-state index contributed by atoms with van der Waals surface area (Å²) in [5.41, 5.74) is 1.09. The lowest BCUT2D eigenvalue weighted by atomic mass is 9.94. The molecule has 0 atom stereocenters. The van der Waals surface area contributed by atoms with Crippen LogP contribution in [0.5, 0.6) is 0 Å². The van der Waals surface area contributed by atoms with Gasteiger partial charge in [-0.05, 0) is 42.5 Å². The predicted octanol–water partition coefficient (Wildman–Crippen LogP) is 4.49. The summed E-state index contributed by atoms with van der Waals surface area (Å²) in [7, 11) is 0. The van der Waals surface area contributed by atoms with Gasteiger partial charge in [-0.15, -0.1) is 0 Å². The number of benzene rings is 1. The maximum absolute atomic E-state index is 13.0. The summed E-state index contributed by atoms with van der Waals surface area (Å²) >= 11 is 3.30. The average Bonchev–Trinajstić information content (AvgIpc) is 2.04. The topological polar surface area (TPSA) is 0 Å². The van der Waals surface area contributed by atoms with Crippen LogP contribution in [0, 0.1) is 5.82 Å². The average molecular weight is 245 g/mol. The van der Waals surface area contributed by atoms with Gasteiger partial charge in [0.25, 0.3) is 0 Å². The van der Waals surface area contributed by atoms with Crippen LogP contribution in [0.1, 0.15) is 38.2 Å². The zero-order valence-corrected chi connectivity index (χ0v) is 9.57. The van der Waals surface area contributed by atoms with Gasteiger partial charge in [-0.3, -0.25) is 0 Å². The first kappa shape index (κ1) is 10.7. The van der Waals surface area contributed by atoms with Crippen molar-refractivity contribution in [1.29, 1.82) is 0 Å². The fraction of sp³-hybridized carbons (Fsp3) is 0.455. The highest BCUT2D eigenvalue weighted by atomic mass is 79.9. The molecule has 0 nitrogen and oxygen atoms in total. The molecule has 0 aliphatic heterocycles. The Morgan fingerprint density at radius 2 is 1.85 bits per heavy atom. The molecule has 1 aromatic carbocycles. The van der Waals surface area contributed by atoms with Crippen LogP contribution in [-0.4, -0.2) is 0 Å². The molecular weight excluding hydrogens is 231 g/mol. The summed E-state index contributed by atoms with van der Waals surface area (Å²) < 4.78 is 13.9. The van der Waals surface area contributed by atoms with Crippen LogP contribution in [0.3, 0.4) is 0 Å². The highest BCUT2D eigenvalue weighted by Crippen LogP contribution is 2.26. The lowest BCUT2D eigenvalue weighted by Crippen LogP contribution is -1.96. The largest absolute Gasteiger partial charge is 0.207 e. The standard InChI is InChI=1S/C11H14BrF/c1-3-8(4-2)9-5-10(12)7-11(13)6-9/h5-8H,3-4H2,1-2H3. The third-order valence-electron chi connectivity index (χ3n) is 2.34. The molecule has 0 spiro atoms. The minimum Gasteiger partial charge on any atom is -0.207 e. The molecule has 1 aromatic rings. The van der Waals surface area contributed by atoms with Crippen molar-refractivity contribution < 1.29 is 4.39 Å². The van der Waals surface area contributed by atoms with Crippen LogP contribution in [0.15, 0.2) is 22.7 Å². The summed E-state index contributed by atoms with van der Waals surface area (Å²) in [6.07, 6.45) is 2.12. The van der Waals surface area contributed by atoms with E-state index in [1.807, 2.05) is 6.07 Å². The number of halogens is 2. The third kappa shape index (κ3) is 2.80. The van der Waals surface area contributed by atoms with E-state index in [1.165, 1.54) is 6.07 Å². The normalized spacial score (nSPS) is 10.8. The number of hydrogen-bond acceptors (Lipinski definition) is 0. The second-order valence-electron chi connectivity index (χ2n) is 3.22. The maximum Gasteiger partial charge on any atom is 0.124 e. The molecule has 0 aliphatic carbocycles. The van der Waals surface area contributed by atoms with Gasteiger partial charge in [0.2, 0.25) is 0 Å². The van der Waals surface area contributed by atoms with E-state index in [2.05, 4.69) is 29.8 Å². The first-order valence-electron chi connectivity index (χ1n) is 4.63. The molecule has 2 heteroatoms. The second-order valence-corrected chi connectivity index (χ2v) is 4.13. The van der Waals surface area contributed by atoms with Crippen molar-refractivity contribution in [1.82, 2.24) is 0 Å². The Balaban J connectivity index is 2.99. The van der Waals surface area contributed by atoms with Gasteiger partial charge in [0.1, 0.15) is 5.82 Å². The molecule has 0 aromatic heterocycles. The summed E-state index contributed by atoms with van der Waals surface area (Å²) in [5, 5.41) is 0. The minimum absolute atomic E-state index is 0.156. The van der Waals surface area contributed by atoms with Crippen molar-refractivity contribution in [3.8, 4) is 0 Å². The van der Waals surface area contributed by atoms with Gasteiger partial charge in [0.15, 0.2) is 0 Å². The van der Waals surface area contributed by atoms with Crippen LogP contribution in [0.25, 0.3) is 0 Å². The van der Waals surface area contributed by atoms with Crippen LogP contribution < -0.4 is 0 Å². The quantitative estimate of drug-likeness (QED) is 0.735. The molecule has 0 saturated carbocycles. The van der Waals surface area contributed by atoms with E-state index in [0.29, 0.717) is 5.92 Å². The Morgan fingerprint density at radius 1 is 1.23 bits per heavy atom. The van der Waals surface area contributed by atoms with Crippen molar-refractivity contribution in [3.63, 3.8) is 0 Å². The van der Waals surface area contributed by atoms with Crippen molar-refractivity contribution in [2.75, 3.05) is 0 Å². The first-order valence-corrected chi connectivity index (χ1v) is 5.42. The van der Waals surface area contributed by atoms with Gasteiger partial charge in [0.05, 0.1) is 0 Å². The number of rotatable bonds is 3. The van der Waals surface area contributed by atoms with E-state index >= 15 is 0 Å². The van der Waals surface area contributed by atoms with Crippen molar-refractivity contribution in [2.24, 2.45) is 0 Å². The monoisotopic (exact) mass is 244 g/mol. The van der Waals surface area contributed by atoms with Gasteiger partial charge >= 0.3 is 0 Å². The number of hydrogen-bond donors (Lipinski definition) is 0. The highest BCUT2D eigenvalue weighted by Gasteiger charge is 2.08. The van der Waals surface area contributed by atoms with Crippen molar-refractivity contribution >= 4 is 15.9 Å². The zero-order chi connectivity index (χ0) is 9.84. The summed E-state index contributed by atoms with van der Waals surface area (Å²) in [6, 6.07) is 5.12. The highest BCUT2D eigenvalue weighted by molar-refractivity contribution is 9.10. The van der Waals surface area contributed by atoms with Gasteiger partial charge < -0.3 is 0 Å². The summed E-state index contributed by atoms with van der Waals surface area (Å²) in [5.74, 6) is 0.322. The Kier molecular flexibility index (Phi) is 3.91.